The van der Waals surface area contributed by atoms with Crippen LogP contribution in [-0.2, 0) is 4.79 Å². The van der Waals surface area contributed by atoms with Gasteiger partial charge in [-0.25, -0.2) is 0 Å². The van der Waals surface area contributed by atoms with Crippen LogP contribution in [0.5, 0.6) is 0 Å². The van der Waals surface area contributed by atoms with Gasteiger partial charge in [0.05, 0.1) is 0 Å². The normalized spacial score (nSPS) is 22.9. The lowest BCUT2D eigenvalue weighted by Gasteiger charge is -2.10. The first-order valence-corrected chi connectivity index (χ1v) is 4.99. The summed E-state index contributed by atoms with van der Waals surface area (Å²) in [6.07, 6.45) is 13.7. The van der Waals surface area contributed by atoms with Gasteiger partial charge in [0.25, 0.3) is 0 Å². The van der Waals surface area contributed by atoms with Gasteiger partial charge in [0.1, 0.15) is 6.29 Å². The van der Waals surface area contributed by atoms with Gasteiger partial charge >= 0.3 is 0 Å². The van der Waals surface area contributed by atoms with E-state index < -0.39 is 0 Å². The molecule has 1 rings (SSSR count). The van der Waals surface area contributed by atoms with Crippen LogP contribution < -0.4 is 5.32 Å². The summed E-state index contributed by atoms with van der Waals surface area (Å²) in [5, 5.41) is 3.14. The molecule has 0 spiro atoms. The van der Waals surface area contributed by atoms with E-state index in [4.69, 9.17) is 0 Å². The van der Waals surface area contributed by atoms with E-state index in [1.165, 1.54) is 37.5 Å². The number of carbonyl (C=O) groups excluding carboxylic acids is 1. The molecule has 0 atom stereocenters. The third-order valence-electron chi connectivity index (χ3n) is 2.23. The molecule has 0 aliphatic heterocycles. The maximum absolute atomic E-state index is 10.0. The van der Waals surface area contributed by atoms with Gasteiger partial charge in [0.2, 0.25) is 0 Å². The van der Waals surface area contributed by atoms with Crippen molar-refractivity contribution in [2.45, 2.75) is 38.5 Å². The van der Waals surface area contributed by atoms with Crippen LogP contribution in [0, 0.1) is 0 Å². The summed E-state index contributed by atoms with van der Waals surface area (Å²) in [6, 6.07) is 0. The Bertz CT molecular complexity index is 206. The summed E-state index contributed by atoms with van der Waals surface area (Å²) in [5.41, 5.74) is 1.26. The molecule has 0 unspecified atom stereocenters. The second kappa shape index (κ2) is 6.46. The second-order valence-corrected chi connectivity index (χ2v) is 3.32. The van der Waals surface area contributed by atoms with Gasteiger partial charge in [-0.3, -0.25) is 4.79 Å². The van der Waals surface area contributed by atoms with Crippen molar-refractivity contribution in [2.75, 3.05) is 0 Å². The number of carbonyl (C=O) groups is 1. The zero-order valence-electron chi connectivity index (χ0n) is 7.96. The first-order chi connectivity index (χ1) is 6.43. The molecule has 0 heterocycles. The van der Waals surface area contributed by atoms with E-state index in [9.17, 15) is 4.79 Å². The molecule has 13 heavy (non-hydrogen) atoms. The van der Waals surface area contributed by atoms with Crippen LogP contribution in [0.25, 0.3) is 0 Å². The van der Waals surface area contributed by atoms with E-state index >= 15 is 0 Å². The Kier molecular flexibility index (Phi) is 4.99. The van der Waals surface area contributed by atoms with Gasteiger partial charge in [-0.2, -0.15) is 0 Å². The molecule has 1 aliphatic rings. The van der Waals surface area contributed by atoms with Crippen molar-refractivity contribution in [1.29, 1.82) is 0 Å². The summed E-state index contributed by atoms with van der Waals surface area (Å²) in [6.45, 7) is 0. The Labute approximate surface area is 79.7 Å². The molecule has 0 aromatic heterocycles. The first kappa shape index (κ1) is 10.0. The summed E-state index contributed by atoms with van der Waals surface area (Å²) < 4.78 is 0. The highest BCUT2D eigenvalue weighted by Gasteiger charge is 1.99. The van der Waals surface area contributed by atoms with Gasteiger partial charge in [-0.05, 0) is 31.8 Å². The van der Waals surface area contributed by atoms with Crippen LogP contribution in [-0.4, -0.2) is 6.29 Å². The standard InChI is InChI=1S/C11H17NO/c13-10-6-9-12-11-7-4-2-1-3-5-8-11/h6-7,9-10,12H,1-5,8H2/b9-6+,11-7+. The highest BCUT2D eigenvalue weighted by molar-refractivity contribution is 5.64. The molecular weight excluding hydrogens is 162 g/mol. The fraction of sp³-hybridized carbons (Fsp3) is 0.545. The lowest BCUT2D eigenvalue weighted by Crippen LogP contribution is -2.06. The van der Waals surface area contributed by atoms with Crippen LogP contribution in [0.3, 0.4) is 0 Å². The van der Waals surface area contributed by atoms with Gasteiger partial charge in [0.15, 0.2) is 0 Å². The number of hydrogen-bond acceptors (Lipinski definition) is 2. The zero-order chi connectivity index (χ0) is 9.36. The highest BCUT2D eigenvalue weighted by Crippen LogP contribution is 2.14. The van der Waals surface area contributed by atoms with Crippen molar-refractivity contribution in [2.24, 2.45) is 0 Å². The Morgan fingerprint density at radius 2 is 2.08 bits per heavy atom. The fourth-order valence-corrected chi connectivity index (χ4v) is 1.52. The summed E-state index contributed by atoms with van der Waals surface area (Å²) in [5.74, 6) is 0. The Balaban J connectivity index is 2.35. The lowest BCUT2D eigenvalue weighted by molar-refractivity contribution is -0.104. The number of nitrogens with one attached hydrogen (secondary N) is 1. The van der Waals surface area contributed by atoms with E-state index in [1.54, 1.807) is 6.20 Å². The predicted molar refractivity (Wildman–Crippen MR) is 54.1 cm³/mol. The molecule has 2 nitrogen and oxygen atoms in total. The van der Waals surface area contributed by atoms with Crippen molar-refractivity contribution in [1.82, 2.24) is 5.32 Å². The molecule has 0 amide bonds. The van der Waals surface area contributed by atoms with E-state index in [-0.39, 0.29) is 0 Å². The van der Waals surface area contributed by atoms with Crippen molar-refractivity contribution in [3.05, 3.63) is 24.0 Å². The van der Waals surface area contributed by atoms with E-state index in [0.29, 0.717) is 0 Å². The zero-order valence-corrected chi connectivity index (χ0v) is 7.96. The molecule has 0 saturated heterocycles. The van der Waals surface area contributed by atoms with E-state index in [0.717, 1.165) is 19.1 Å². The third-order valence-corrected chi connectivity index (χ3v) is 2.23. The number of rotatable bonds is 3. The molecule has 0 bridgehead atoms. The van der Waals surface area contributed by atoms with Gasteiger partial charge in [-0.1, -0.05) is 18.9 Å². The average molecular weight is 179 g/mol. The van der Waals surface area contributed by atoms with Crippen LogP contribution >= 0.6 is 0 Å². The van der Waals surface area contributed by atoms with Crippen LogP contribution in [0.1, 0.15) is 38.5 Å². The summed E-state index contributed by atoms with van der Waals surface area (Å²) in [7, 11) is 0. The molecule has 0 aromatic rings. The van der Waals surface area contributed by atoms with Crippen LogP contribution in [0.4, 0.5) is 0 Å². The molecule has 0 aromatic carbocycles. The second-order valence-electron chi connectivity index (χ2n) is 3.32. The van der Waals surface area contributed by atoms with Crippen molar-refractivity contribution in [3.63, 3.8) is 0 Å². The Morgan fingerprint density at radius 3 is 2.92 bits per heavy atom. The third kappa shape index (κ3) is 4.51. The first-order valence-electron chi connectivity index (χ1n) is 4.99. The van der Waals surface area contributed by atoms with E-state index in [2.05, 4.69) is 11.4 Å². The Hall–Kier alpha value is -1.05. The fourth-order valence-electron chi connectivity index (χ4n) is 1.52. The van der Waals surface area contributed by atoms with Crippen LogP contribution in [0.15, 0.2) is 24.0 Å². The molecule has 0 radical (unpaired) electrons. The van der Waals surface area contributed by atoms with Gasteiger partial charge < -0.3 is 5.32 Å². The maximum atomic E-state index is 10.0. The molecule has 1 aliphatic carbocycles. The average Bonchev–Trinajstić information content (AvgIpc) is 2.08. The number of aldehydes is 1. The Morgan fingerprint density at radius 1 is 1.23 bits per heavy atom. The van der Waals surface area contributed by atoms with E-state index in [1.807, 2.05) is 0 Å². The molecule has 0 fully saturated rings. The molecule has 2 heteroatoms. The maximum Gasteiger partial charge on any atom is 0.144 e. The number of allylic oxidation sites excluding steroid dienone is 3. The lowest BCUT2D eigenvalue weighted by atomic mass is 10.0. The topological polar surface area (TPSA) is 29.1 Å². The molecule has 0 saturated carbocycles. The number of hydrogen-bond donors (Lipinski definition) is 1. The smallest absolute Gasteiger partial charge is 0.144 e. The monoisotopic (exact) mass is 179 g/mol. The summed E-state index contributed by atoms with van der Waals surface area (Å²) in [4.78, 5) is 10.0. The molecule has 1 N–H and O–H groups in total. The van der Waals surface area contributed by atoms with Crippen molar-refractivity contribution in [3.8, 4) is 0 Å². The predicted octanol–water partition coefficient (Wildman–Crippen LogP) is 2.53. The molecule has 72 valence electrons. The minimum atomic E-state index is 0.788. The quantitative estimate of drug-likeness (QED) is 0.533. The van der Waals surface area contributed by atoms with Crippen molar-refractivity contribution < 1.29 is 4.79 Å². The highest BCUT2D eigenvalue weighted by atomic mass is 16.1. The van der Waals surface area contributed by atoms with Crippen LogP contribution in [0.2, 0.25) is 0 Å². The SMILES string of the molecule is O=C/C=C/N/C1=C/CCCCCC1. The van der Waals surface area contributed by atoms with Gasteiger partial charge in [-0.15, -0.1) is 0 Å². The largest absolute Gasteiger partial charge is 0.365 e. The minimum Gasteiger partial charge on any atom is -0.365 e. The molecular formula is C11H17NO. The van der Waals surface area contributed by atoms with Gasteiger partial charge in [0, 0.05) is 11.9 Å². The summed E-state index contributed by atoms with van der Waals surface area (Å²) >= 11 is 0. The van der Waals surface area contributed by atoms with Crippen molar-refractivity contribution >= 4 is 6.29 Å². The minimum absolute atomic E-state index is 0.788.